The zero-order chi connectivity index (χ0) is 14.1. The predicted octanol–water partition coefficient (Wildman–Crippen LogP) is 4.25. The van der Waals surface area contributed by atoms with Gasteiger partial charge in [0.2, 0.25) is 0 Å². The Morgan fingerprint density at radius 3 is 2.80 bits per heavy atom. The molecule has 0 spiro atoms. The maximum atomic E-state index is 6.33. The highest BCUT2D eigenvalue weighted by Crippen LogP contribution is 2.36. The fourth-order valence-electron chi connectivity index (χ4n) is 2.27. The van der Waals surface area contributed by atoms with Crippen LogP contribution >= 0.6 is 27.5 Å². The van der Waals surface area contributed by atoms with E-state index < -0.39 is 0 Å². The van der Waals surface area contributed by atoms with Gasteiger partial charge in [0, 0.05) is 28.9 Å². The minimum absolute atomic E-state index is 0.530. The molecule has 1 aliphatic rings. The molecule has 1 fully saturated rings. The van der Waals surface area contributed by atoms with Gasteiger partial charge >= 0.3 is 0 Å². The average molecular weight is 353 g/mol. The van der Waals surface area contributed by atoms with E-state index in [0.717, 1.165) is 22.5 Å². The molecule has 1 aromatic carbocycles. The predicted molar refractivity (Wildman–Crippen MR) is 87.0 cm³/mol. The molecule has 1 heterocycles. The van der Waals surface area contributed by atoms with E-state index in [9.17, 15) is 0 Å². The van der Waals surface area contributed by atoms with E-state index in [1.807, 2.05) is 24.3 Å². The number of rotatable bonds is 4. The van der Waals surface area contributed by atoms with E-state index in [4.69, 9.17) is 17.3 Å². The summed E-state index contributed by atoms with van der Waals surface area (Å²) in [6.07, 6.45) is 4.17. The first kappa shape index (κ1) is 13.7. The Morgan fingerprint density at radius 1 is 1.35 bits per heavy atom. The van der Waals surface area contributed by atoms with Crippen LogP contribution in [0.3, 0.4) is 0 Å². The number of anilines is 2. The van der Waals surface area contributed by atoms with Crippen LogP contribution in [0.1, 0.15) is 18.4 Å². The normalized spacial score (nSPS) is 14.3. The highest BCUT2D eigenvalue weighted by Gasteiger charge is 2.31. The van der Waals surface area contributed by atoms with Gasteiger partial charge in [-0.15, -0.1) is 0 Å². The maximum Gasteiger partial charge on any atom is 0.147 e. The van der Waals surface area contributed by atoms with Crippen molar-refractivity contribution in [2.45, 2.75) is 25.4 Å². The molecule has 0 aliphatic heterocycles. The summed E-state index contributed by atoms with van der Waals surface area (Å²) in [5, 5.41) is 0.676. The number of benzene rings is 1. The number of nitrogens with two attached hydrogens (primary N) is 1. The second-order valence-electron chi connectivity index (χ2n) is 5.06. The van der Waals surface area contributed by atoms with Gasteiger partial charge in [0.25, 0.3) is 0 Å². The number of hydrogen-bond acceptors (Lipinski definition) is 3. The Bertz CT molecular complexity index is 628. The average Bonchev–Trinajstić information content (AvgIpc) is 3.21. The fourth-order valence-corrected chi connectivity index (χ4v) is 3.01. The molecule has 3 nitrogen and oxygen atoms in total. The molecule has 0 saturated heterocycles. The van der Waals surface area contributed by atoms with E-state index >= 15 is 0 Å². The van der Waals surface area contributed by atoms with E-state index in [1.54, 1.807) is 6.20 Å². The van der Waals surface area contributed by atoms with Crippen LogP contribution in [0.2, 0.25) is 5.02 Å². The number of pyridine rings is 1. The molecule has 1 saturated carbocycles. The lowest BCUT2D eigenvalue weighted by atomic mass is 10.2. The van der Waals surface area contributed by atoms with E-state index in [-0.39, 0.29) is 0 Å². The van der Waals surface area contributed by atoms with Gasteiger partial charge in [-0.1, -0.05) is 23.7 Å². The topological polar surface area (TPSA) is 42.1 Å². The lowest BCUT2D eigenvalue weighted by molar-refractivity contribution is 0.778. The summed E-state index contributed by atoms with van der Waals surface area (Å²) in [4.78, 5) is 6.74. The third-order valence-corrected chi connectivity index (χ3v) is 4.06. The van der Waals surface area contributed by atoms with Crippen LogP contribution in [0.15, 0.2) is 41.0 Å². The van der Waals surface area contributed by atoms with Gasteiger partial charge in [-0.25, -0.2) is 4.98 Å². The van der Waals surface area contributed by atoms with Crippen molar-refractivity contribution in [2.24, 2.45) is 0 Å². The first-order valence-electron chi connectivity index (χ1n) is 6.55. The highest BCUT2D eigenvalue weighted by atomic mass is 79.9. The zero-order valence-corrected chi connectivity index (χ0v) is 13.2. The van der Waals surface area contributed by atoms with Crippen molar-refractivity contribution in [3.63, 3.8) is 0 Å². The molecule has 0 atom stereocenters. The molecule has 1 aliphatic carbocycles. The van der Waals surface area contributed by atoms with E-state index in [2.05, 4.69) is 31.9 Å². The summed E-state index contributed by atoms with van der Waals surface area (Å²) < 4.78 is 0.894. The molecular formula is C15H15BrClN3. The van der Waals surface area contributed by atoms with Crippen LogP contribution in [-0.4, -0.2) is 11.0 Å². The van der Waals surface area contributed by atoms with Crippen molar-refractivity contribution in [3.05, 3.63) is 51.6 Å². The Hall–Kier alpha value is -1.26. The quantitative estimate of drug-likeness (QED) is 0.837. The molecule has 0 bridgehead atoms. The second-order valence-corrected chi connectivity index (χ2v) is 6.39. The number of aromatic nitrogens is 1. The Balaban J connectivity index is 1.89. The smallest absolute Gasteiger partial charge is 0.147 e. The van der Waals surface area contributed by atoms with Crippen molar-refractivity contribution in [2.75, 3.05) is 10.6 Å². The first-order valence-corrected chi connectivity index (χ1v) is 7.72. The van der Waals surface area contributed by atoms with Gasteiger partial charge in [-0.2, -0.15) is 0 Å². The summed E-state index contributed by atoms with van der Waals surface area (Å²) >= 11 is 9.73. The van der Waals surface area contributed by atoms with Crippen molar-refractivity contribution < 1.29 is 0 Å². The summed E-state index contributed by atoms with van der Waals surface area (Å²) in [7, 11) is 0. The van der Waals surface area contributed by atoms with Gasteiger partial charge in [-0.05, 0) is 52.5 Å². The van der Waals surface area contributed by atoms with Gasteiger partial charge in [0.05, 0.1) is 5.02 Å². The van der Waals surface area contributed by atoms with Crippen LogP contribution in [0, 0.1) is 0 Å². The molecule has 0 unspecified atom stereocenters. The van der Waals surface area contributed by atoms with Crippen molar-refractivity contribution in [1.29, 1.82) is 0 Å². The molecule has 20 heavy (non-hydrogen) atoms. The molecule has 1 aromatic heterocycles. The molecule has 0 amide bonds. The lowest BCUT2D eigenvalue weighted by Crippen LogP contribution is -2.26. The van der Waals surface area contributed by atoms with Gasteiger partial charge in [0.1, 0.15) is 5.82 Å². The van der Waals surface area contributed by atoms with Crippen molar-refractivity contribution in [1.82, 2.24) is 4.98 Å². The van der Waals surface area contributed by atoms with Gasteiger partial charge < -0.3 is 10.6 Å². The number of hydrogen-bond donors (Lipinski definition) is 1. The lowest BCUT2D eigenvalue weighted by Gasteiger charge is -2.24. The number of nitrogen functional groups attached to an aromatic ring is 1. The molecule has 0 radical (unpaired) electrons. The SMILES string of the molecule is Nc1cccc(CN(c2ncc(Br)cc2Cl)C2CC2)c1. The van der Waals surface area contributed by atoms with Gasteiger partial charge in [-0.3, -0.25) is 0 Å². The summed E-state index contributed by atoms with van der Waals surface area (Å²) in [5.74, 6) is 0.847. The minimum Gasteiger partial charge on any atom is -0.399 e. The van der Waals surface area contributed by atoms with Crippen LogP contribution < -0.4 is 10.6 Å². The number of halogens is 2. The minimum atomic E-state index is 0.530. The van der Waals surface area contributed by atoms with Crippen molar-refractivity contribution in [3.8, 4) is 0 Å². The van der Waals surface area contributed by atoms with Crippen LogP contribution in [0.4, 0.5) is 11.5 Å². The third-order valence-electron chi connectivity index (χ3n) is 3.35. The van der Waals surface area contributed by atoms with E-state index in [1.165, 1.54) is 18.4 Å². The summed E-state index contributed by atoms with van der Waals surface area (Å²) in [6, 6.07) is 10.4. The fraction of sp³-hybridized carbons (Fsp3) is 0.267. The molecule has 104 valence electrons. The summed E-state index contributed by atoms with van der Waals surface area (Å²) in [5.41, 5.74) is 7.81. The standard InChI is InChI=1S/C15H15BrClN3/c16-11-7-14(17)15(19-8-11)20(13-4-5-13)9-10-2-1-3-12(18)6-10/h1-3,6-8,13H,4-5,9,18H2. The highest BCUT2D eigenvalue weighted by molar-refractivity contribution is 9.10. The van der Waals surface area contributed by atoms with Gasteiger partial charge in [0.15, 0.2) is 0 Å². The van der Waals surface area contributed by atoms with Crippen LogP contribution in [-0.2, 0) is 6.54 Å². The second kappa shape index (κ2) is 5.62. The molecular weight excluding hydrogens is 338 g/mol. The third kappa shape index (κ3) is 3.07. The monoisotopic (exact) mass is 351 g/mol. The number of nitrogens with zero attached hydrogens (tertiary/aromatic N) is 2. The Labute approximate surface area is 131 Å². The van der Waals surface area contributed by atoms with E-state index in [0.29, 0.717) is 11.1 Å². The largest absolute Gasteiger partial charge is 0.399 e. The first-order chi connectivity index (χ1) is 9.63. The molecule has 2 aromatic rings. The zero-order valence-electron chi connectivity index (χ0n) is 10.9. The molecule has 2 N–H and O–H groups in total. The van der Waals surface area contributed by atoms with Crippen LogP contribution in [0.5, 0.6) is 0 Å². The Morgan fingerprint density at radius 2 is 2.15 bits per heavy atom. The Kier molecular flexibility index (Phi) is 3.85. The maximum absolute atomic E-state index is 6.33. The molecule has 3 rings (SSSR count). The van der Waals surface area contributed by atoms with Crippen LogP contribution in [0.25, 0.3) is 0 Å². The van der Waals surface area contributed by atoms with Crippen molar-refractivity contribution >= 4 is 39.0 Å². The summed E-state index contributed by atoms with van der Waals surface area (Å²) in [6.45, 7) is 0.782. The molecule has 5 heteroatoms.